The lowest BCUT2D eigenvalue weighted by Crippen LogP contribution is -2.44. The molecule has 172 valence electrons. The summed E-state index contributed by atoms with van der Waals surface area (Å²) in [6.45, 7) is 4.74. The van der Waals surface area contributed by atoms with Crippen LogP contribution in [0.2, 0.25) is 0 Å². The monoisotopic (exact) mass is 444 g/mol. The van der Waals surface area contributed by atoms with Crippen LogP contribution in [0.1, 0.15) is 54.9 Å². The fraction of sp³-hybridized carbons (Fsp3) is 0.440. The van der Waals surface area contributed by atoms with E-state index in [1.54, 1.807) is 30.3 Å². The number of Topliss-reactive ketones (excluding diaryl/α,β-unsaturated/α-hetero) is 1. The van der Waals surface area contributed by atoms with Gasteiger partial charge in [0, 0.05) is 44.1 Å². The second-order valence-corrected chi connectivity index (χ2v) is 8.16. The smallest absolute Gasteiger partial charge is 0.220 e. The van der Waals surface area contributed by atoms with Gasteiger partial charge in [0.15, 0.2) is 17.4 Å². The van der Waals surface area contributed by atoms with E-state index < -0.39 is 11.6 Å². The average Bonchev–Trinajstić information content (AvgIpc) is 2.80. The SMILES string of the molecule is CCCOc1ccc(C(=O)CCC(=O)NC2CCN(Cc3ccc(F)c(F)c3)CC2)cc1. The van der Waals surface area contributed by atoms with Gasteiger partial charge in [0.2, 0.25) is 5.91 Å². The Hall–Kier alpha value is -2.80. The number of benzene rings is 2. The molecule has 0 aromatic heterocycles. The number of piperidine rings is 1. The van der Waals surface area contributed by atoms with Gasteiger partial charge in [0.1, 0.15) is 5.75 Å². The molecule has 1 amide bonds. The lowest BCUT2D eigenvalue weighted by atomic mass is 10.0. The van der Waals surface area contributed by atoms with E-state index in [0.29, 0.717) is 18.7 Å². The Balaban J connectivity index is 1.36. The number of nitrogens with one attached hydrogen (secondary N) is 1. The summed E-state index contributed by atoms with van der Waals surface area (Å²) in [6.07, 6.45) is 2.80. The first-order valence-corrected chi connectivity index (χ1v) is 11.2. The van der Waals surface area contributed by atoms with Crippen LogP contribution in [0.25, 0.3) is 0 Å². The Labute approximate surface area is 187 Å². The summed E-state index contributed by atoms with van der Waals surface area (Å²) in [5.74, 6) is -1.13. The van der Waals surface area contributed by atoms with Gasteiger partial charge in [-0.1, -0.05) is 13.0 Å². The third kappa shape index (κ3) is 7.12. The first kappa shape index (κ1) is 23.9. The zero-order chi connectivity index (χ0) is 22.9. The summed E-state index contributed by atoms with van der Waals surface area (Å²) < 4.78 is 31.9. The number of rotatable bonds is 10. The molecular weight excluding hydrogens is 414 g/mol. The van der Waals surface area contributed by atoms with Crippen LogP contribution in [0.5, 0.6) is 5.75 Å². The van der Waals surface area contributed by atoms with Crippen molar-refractivity contribution in [3.8, 4) is 5.75 Å². The van der Waals surface area contributed by atoms with Crippen LogP contribution in [0.15, 0.2) is 42.5 Å². The Bertz CT molecular complexity index is 910. The van der Waals surface area contributed by atoms with Crippen molar-refractivity contribution in [1.82, 2.24) is 10.2 Å². The van der Waals surface area contributed by atoms with E-state index in [2.05, 4.69) is 10.2 Å². The second kappa shape index (κ2) is 11.7. The van der Waals surface area contributed by atoms with Crippen LogP contribution in [-0.2, 0) is 11.3 Å². The molecule has 1 fully saturated rings. The summed E-state index contributed by atoms with van der Waals surface area (Å²) in [4.78, 5) is 26.8. The van der Waals surface area contributed by atoms with Crippen molar-refractivity contribution >= 4 is 11.7 Å². The lowest BCUT2D eigenvalue weighted by Gasteiger charge is -2.32. The van der Waals surface area contributed by atoms with Crippen LogP contribution < -0.4 is 10.1 Å². The molecule has 2 aromatic carbocycles. The van der Waals surface area contributed by atoms with Gasteiger partial charge in [-0.25, -0.2) is 8.78 Å². The maximum Gasteiger partial charge on any atom is 0.220 e. The van der Waals surface area contributed by atoms with Gasteiger partial charge >= 0.3 is 0 Å². The third-order valence-corrected chi connectivity index (χ3v) is 5.57. The minimum atomic E-state index is -0.841. The Morgan fingerprint density at radius 2 is 1.75 bits per heavy atom. The van der Waals surface area contributed by atoms with Gasteiger partial charge in [-0.3, -0.25) is 14.5 Å². The number of hydrogen-bond acceptors (Lipinski definition) is 4. The van der Waals surface area contributed by atoms with Crippen molar-refractivity contribution in [2.45, 2.75) is 51.6 Å². The van der Waals surface area contributed by atoms with Gasteiger partial charge in [-0.15, -0.1) is 0 Å². The van der Waals surface area contributed by atoms with Gasteiger partial charge in [-0.05, 0) is 61.2 Å². The minimum absolute atomic E-state index is 0.0637. The van der Waals surface area contributed by atoms with Crippen molar-refractivity contribution in [2.24, 2.45) is 0 Å². The van der Waals surface area contributed by atoms with E-state index in [-0.39, 0.29) is 30.6 Å². The molecule has 32 heavy (non-hydrogen) atoms. The summed E-state index contributed by atoms with van der Waals surface area (Å²) in [6, 6.07) is 11.0. The highest BCUT2D eigenvalue weighted by Crippen LogP contribution is 2.17. The highest BCUT2D eigenvalue weighted by Gasteiger charge is 2.21. The predicted octanol–water partition coefficient (Wildman–Crippen LogP) is 4.50. The molecule has 3 rings (SSSR count). The minimum Gasteiger partial charge on any atom is -0.494 e. The average molecular weight is 445 g/mol. The van der Waals surface area contributed by atoms with Crippen LogP contribution in [-0.4, -0.2) is 42.3 Å². The number of hydrogen-bond donors (Lipinski definition) is 1. The molecule has 0 unspecified atom stereocenters. The van der Waals surface area contributed by atoms with Crippen molar-refractivity contribution in [2.75, 3.05) is 19.7 Å². The van der Waals surface area contributed by atoms with Crippen LogP contribution >= 0.6 is 0 Å². The van der Waals surface area contributed by atoms with Crippen molar-refractivity contribution < 1.29 is 23.1 Å². The maximum absolute atomic E-state index is 13.4. The third-order valence-electron chi connectivity index (χ3n) is 5.57. The molecular formula is C25H30F2N2O3. The normalized spacial score (nSPS) is 14.8. The summed E-state index contributed by atoms with van der Waals surface area (Å²) >= 11 is 0. The largest absolute Gasteiger partial charge is 0.494 e. The number of halogens is 2. The fourth-order valence-corrected chi connectivity index (χ4v) is 3.76. The molecule has 1 heterocycles. The van der Waals surface area contributed by atoms with E-state index in [1.807, 2.05) is 6.92 Å². The zero-order valence-electron chi connectivity index (χ0n) is 18.4. The Morgan fingerprint density at radius 3 is 2.41 bits per heavy atom. The van der Waals surface area contributed by atoms with E-state index in [1.165, 1.54) is 6.07 Å². The molecule has 1 N–H and O–H groups in total. The van der Waals surface area contributed by atoms with Gasteiger partial charge in [-0.2, -0.15) is 0 Å². The molecule has 1 aliphatic rings. The number of likely N-dealkylation sites (tertiary alicyclic amines) is 1. The predicted molar refractivity (Wildman–Crippen MR) is 119 cm³/mol. The summed E-state index contributed by atoms with van der Waals surface area (Å²) in [5.41, 5.74) is 1.31. The molecule has 1 saturated heterocycles. The van der Waals surface area contributed by atoms with Crippen molar-refractivity contribution in [1.29, 1.82) is 0 Å². The second-order valence-electron chi connectivity index (χ2n) is 8.16. The molecule has 1 aliphatic heterocycles. The highest BCUT2D eigenvalue weighted by atomic mass is 19.2. The molecule has 7 heteroatoms. The lowest BCUT2D eigenvalue weighted by molar-refractivity contribution is -0.122. The van der Waals surface area contributed by atoms with Crippen LogP contribution in [0.4, 0.5) is 8.78 Å². The molecule has 0 atom stereocenters. The number of ether oxygens (including phenoxy) is 1. The quantitative estimate of drug-likeness (QED) is 0.549. The standard InChI is InChI=1S/C25H30F2N2O3/c1-2-15-32-21-6-4-19(5-7-21)24(30)9-10-25(31)28-20-11-13-29(14-12-20)17-18-3-8-22(26)23(27)16-18/h3-8,16,20H,2,9-15,17H2,1H3,(H,28,31). The topological polar surface area (TPSA) is 58.6 Å². The number of ketones is 1. The van der Waals surface area contributed by atoms with E-state index in [9.17, 15) is 18.4 Å². The van der Waals surface area contributed by atoms with Gasteiger partial charge in [0.25, 0.3) is 0 Å². The molecule has 2 aromatic rings. The molecule has 0 aliphatic carbocycles. The van der Waals surface area contributed by atoms with Crippen LogP contribution in [0, 0.1) is 11.6 Å². The number of amides is 1. The van der Waals surface area contributed by atoms with E-state index in [0.717, 1.165) is 49.7 Å². The van der Waals surface area contributed by atoms with E-state index >= 15 is 0 Å². The van der Waals surface area contributed by atoms with E-state index in [4.69, 9.17) is 4.74 Å². The van der Waals surface area contributed by atoms with Gasteiger partial charge < -0.3 is 10.1 Å². The molecule has 0 radical (unpaired) electrons. The number of carbonyl (C=O) groups excluding carboxylic acids is 2. The fourth-order valence-electron chi connectivity index (χ4n) is 3.76. The molecule has 0 saturated carbocycles. The highest BCUT2D eigenvalue weighted by molar-refractivity contribution is 5.98. The Morgan fingerprint density at radius 1 is 1.03 bits per heavy atom. The van der Waals surface area contributed by atoms with Crippen LogP contribution in [0.3, 0.4) is 0 Å². The number of nitrogens with zero attached hydrogens (tertiary/aromatic N) is 1. The first-order valence-electron chi connectivity index (χ1n) is 11.2. The molecule has 5 nitrogen and oxygen atoms in total. The summed E-state index contributed by atoms with van der Waals surface area (Å²) in [7, 11) is 0. The maximum atomic E-state index is 13.4. The molecule has 0 spiro atoms. The molecule has 0 bridgehead atoms. The zero-order valence-corrected chi connectivity index (χ0v) is 18.4. The summed E-state index contributed by atoms with van der Waals surface area (Å²) in [5, 5.41) is 3.01. The Kier molecular flexibility index (Phi) is 8.73. The van der Waals surface area contributed by atoms with Gasteiger partial charge in [0.05, 0.1) is 6.61 Å². The first-order chi connectivity index (χ1) is 15.4. The number of carbonyl (C=O) groups is 2. The van der Waals surface area contributed by atoms with Crippen molar-refractivity contribution in [3.63, 3.8) is 0 Å². The van der Waals surface area contributed by atoms with Crippen molar-refractivity contribution in [3.05, 3.63) is 65.2 Å².